The molecule has 0 bridgehead atoms. The van der Waals surface area contributed by atoms with Crippen LogP contribution in [-0.2, 0) is 16.0 Å². The first-order chi connectivity index (χ1) is 13.3. The van der Waals surface area contributed by atoms with E-state index in [4.69, 9.17) is 9.47 Å². The first kappa shape index (κ1) is 19.9. The van der Waals surface area contributed by atoms with Crippen molar-refractivity contribution < 1.29 is 9.47 Å². The van der Waals surface area contributed by atoms with Crippen LogP contribution in [0.1, 0.15) is 30.9 Å². The van der Waals surface area contributed by atoms with Gasteiger partial charge in [0, 0.05) is 26.2 Å². The maximum Gasteiger partial charge on any atom is 0.115 e. The van der Waals surface area contributed by atoms with Crippen molar-refractivity contribution in [3.05, 3.63) is 65.0 Å². The first-order valence-electron chi connectivity index (χ1n) is 9.98. The number of allylic oxidation sites excluding steroid dienone is 5. The Morgan fingerprint density at radius 1 is 1.19 bits per heavy atom. The van der Waals surface area contributed by atoms with Crippen molar-refractivity contribution in [3.63, 3.8) is 0 Å². The van der Waals surface area contributed by atoms with Gasteiger partial charge in [0.15, 0.2) is 0 Å². The van der Waals surface area contributed by atoms with Crippen LogP contribution in [0.4, 0.5) is 0 Å². The Labute approximate surface area is 163 Å². The van der Waals surface area contributed by atoms with Crippen LogP contribution in [0.25, 0.3) is 5.57 Å². The van der Waals surface area contributed by atoms with Crippen molar-refractivity contribution in [2.45, 2.75) is 26.3 Å². The summed E-state index contributed by atoms with van der Waals surface area (Å²) in [4.78, 5) is 2.40. The van der Waals surface area contributed by atoms with Gasteiger partial charge in [0.25, 0.3) is 0 Å². The molecule has 1 saturated heterocycles. The van der Waals surface area contributed by atoms with E-state index in [0.717, 1.165) is 64.6 Å². The molecule has 0 saturated carbocycles. The number of nitrogens with one attached hydrogen (secondary N) is 1. The summed E-state index contributed by atoms with van der Waals surface area (Å²) in [5.41, 5.74) is 5.49. The zero-order valence-corrected chi connectivity index (χ0v) is 16.7. The van der Waals surface area contributed by atoms with Crippen molar-refractivity contribution in [1.29, 1.82) is 0 Å². The maximum atomic E-state index is 6.02. The van der Waals surface area contributed by atoms with E-state index in [9.17, 15) is 0 Å². The van der Waals surface area contributed by atoms with Crippen molar-refractivity contribution in [1.82, 2.24) is 10.2 Å². The van der Waals surface area contributed by atoms with E-state index in [1.165, 1.54) is 22.3 Å². The predicted molar refractivity (Wildman–Crippen MR) is 111 cm³/mol. The lowest BCUT2D eigenvalue weighted by atomic mass is 9.93. The van der Waals surface area contributed by atoms with Gasteiger partial charge in [-0.2, -0.15) is 0 Å². The quantitative estimate of drug-likeness (QED) is 0.794. The second-order valence-corrected chi connectivity index (χ2v) is 7.21. The largest absolute Gasteiger partial charge is 0.493 e. The molecule has 0 unspecified atom stereocenters. The highest BCUT2D eigenvalue weighted by atomic mass is 16.5. The number of hydrogen-bond acceptors (Lipinski definition) is 4. The third kappa shape index (κ3) is 6.06. The zero-order valence-electron chi connectivity index (χ0n) is 16.7. The lowest BCUT2D eigenvalue weighted by Crippen LogP contribution is -2.38. The fourth-order valence-corrected chi connectivity index (χ4v) is 3.57. The van der Waals surface area contributed by atoms with E-state index in [1.807, 2.05) is 7.05 Å². The molecule has 0 amide bonds. The van der Waals surface area contributed by atoms with Crippen molar-refractivity contribution in [3.8, 4) is 0 Å². The molecule has 1 aliphatic carbocycles. The number of hydrogen-bond donors (Lipinski definition) is 1. The molecular formula is C23H32N2O2. The summed E-state index contributed by atoms with van der Waals surface area (Å²) in [7, 11) is 1.99. The molecule has 27 heavy (non-hydrogen) atoms. The van der Waals surface area contributed by atoms with Gasteiger partial charge in [-0.3, -0.25) is 4.90 Å². The Kier molecular flexibility index (Phi) is 7.69. The molecule has 4 heteroatoms. The fourth-order valence-electron chi connectivity index (χ4n) is 3.57. The Morgan fingerprint density at radius 2 is 2.04 bits per heavy atom. The minimum Gasteiger partial charge on any atom is -0.493 e. The van der Waals surface area contributed by atoms with E-state index in [2.05, 4.69) is 59.6 Å². The van der Waals surface area contributed by atoms with Crippen molar-refractivity contribution in [2.24, 2.45) is 0 Å². The van der Waals surface area contributed by atoms with Crippen LogP contribution in [0, 0.1) is 0 Å². The number of ether oxygens (including phenoxy) is 2. The Morgan fingerprint density at radius 3 is 2.85 bits per heavy atom. The summed E-state index contributed by atoms with van der Waals surface area (Å²) in [6.45, 7) is 8.53. The fraction of sp³-hybridized carbons (Fsp3) is 0.478. The molecule has 2 aliphatic rings. The van der Waals surface area contributed by atoms with E-state index in [0.29, 0.717) is 0 Å². The molecule has 3 rings (SSSR count). The van der Waals surface area contributed by atoms with Gasteiger partial charge >= 0.3 is 0 Å². The Balaban J connectivity index is 1.59. The minimum atomic E-state index is 0.734. The maximum absolute atomic E-state index is 6.02. The van der Waals surface area contributed by atoms with Gasteiger partial charge in [-0.1, -0.05) is 35.9 Å². The molecule has 1 aliphatic heterocycles. The average molecular weight is 369 g/mol. The molecule has 0 radical (unpaired) electrons. The highest BCUT2D eigenvalue weighted by Gasteiger charge is 2.11. The normalized spacial score (nSPS) is 18.8. The van der Waals surface area contributed by atoms with Crippen molar-refractivity contribution in [2.75, 3.05) is 46.5 Å². The number of rotatable bonds is 7. The molecular weight excluding hydrogens is 336 g/mol. The molecule has 1 fully saturated rings. The van der Waals surface area contributed by atoms with Gasteiger partial charge < -0.3 is 14.8 Å². The zero-order chi connectivity index (χ0) is 18.9. The van der Waals surface area contributed by atoms with Gasteiger partial charge in [0.2, 0.25) is 0 Å². The van der Waals surface area contributed by atoms with E-state index in [1.54, 1.807) is 0 Å². The van der Waals surface area contributed by atoms with Crippen LogP contribution in [0.2, 0.25) is 0 Å². The van der Waals surface area contributed by atoms with Gasteiger partial charge in [-0.05, 0) is 55.7 Å². The second kappa shape index (κ2) is 10.5. The molecule has 1 aromatic carbocycles. The molecule has 1 heterocycles. The summed E-state index contributed by atoms with van der Waals surface area (Å²) in [6.07, 6.45) is 8.44. The number of nitrogens with zero attached hydrogens (tertiary/aromatic N) is 1. The van der Waals surface area contributed by atoms with Crippen LogP contribution < -0.4 is 5.32 Å². The van der Waals surface area contributed by atoms with Crippen LogP contribution in [0.3, 0.4) is 0 Å². The topological polar surface area (TPSA) is 33.7 Å². The van der Waals surface area contributed by atoms with Crippen LogP contribution in [0.5, 0.6) is 0 Å². The van der Waals surface area contributed by atoms with E-state index >= 15 is 0 Å². The average Bonchev–Trinajstić information content (AvgIpc) is 2.68. The van der Waals surface area contributed by atoms with E-state index in [-0.39, 0.29) is 0 Å². The smallest absolute Gasteiger partial charge is 0.115 e. The molecule has 0 aromatic heterocycles. The first-order valence-corrected chi connectivity index (χ1v) is 9.98. The third-order valence-corrected chi connectivity index (χ3v) is 5.16. The van der Waals surface area contributed by atoms with Crippen molar-refractivity contribution >= 4 is 5.57 Å². The van der Waals surface area contributed by atoms with Gasteiger partial charge in [-0.25, -0.2) is 0 Å². The SMILES string of the molecule is CNCc1cccc(C2=C(C)CC=C(OCCN3CCOCC3)C=CC2)c1. The molecule has 0 spiro atoms. The van der Waals surface area contributed by atoms with Crippen LogP contribution in [0.15, 0.2) is 53.8 Å². The molecule has 146 valence electrons. The highest BCUT2D eigenvalue weighted by molar-refractivity contribution is 5.70. The standard InChI is InChI=1S/C23H32N2O2/c1-19-9-10-22(27-16-13-25-11-14-26-15-12-25)7-4-8-23(19)21-6-3-5-20(17-21)18-24-2/h3-7,10,17,24H,8-9,11-16,18H2,1-2H3. The predicted octanol–water partition coefficient (Wildman–Crippen LogP) is 3.76. The molecule has 0 atom stereocenters. The van der Waals surface area contributed by atoms with E-state index < -0.39 is 0 Å². The van der Waals surface area contributed by atoms with Crippen LogP contribution >= 0.6 is 0 Å². The summed E-state index contributed by atoms with van der Waals surface area (Å²) in [5.74, 6) is 0.991. The lowest BCUT2D eigenvalue weighted by molar-refractivity contribution is 0.0281. The van der Waals surface area contributed by atoms with Gasteiger partial charge in [0.1, 0.15) is 12.4 Å². The Bertz CT molecular complexity index is 700. The Hall–Kier alpha value is -1.88. The second-order valence-electron chi connectivity index (χ2n) is 7.21. The third-order valence-electron chi connectivity index (χ3n) is 5.16. The summed E-state index contributed by atoms with van der Waals surface area (Å²) in [5, 5.41) is 3.23. The summed E-state index contributed by atoms with van der Waals surface area (Å²) in [6, 6.07) is 8.85. The monoisotopic (exact) mass is 368 g/mol. The minimum absolute atomic E-state index is 0.734. The lowest BCUT2D eigenvalue weighted by Gasteiger charge is -2.26. The van der Waals surface area contributed by atoms with Gasteiger partial charge in [-0.15, -0.1) is 0 Å². The summed E-state index contributed by atoms with van der Waals surface area (Å²) >= 11 is 0. The number of benzene rings is 1. The number of morpholine rings is 1. The molecule has 4 nitrogen and oxygen atoms in total. The van der Waals surface area contributed by atoms with Gasteiger partial charge in [0.05, 0.1) is 13.2 Å². The highest BCUT2D eigenvalue weighted by Crippen LogP contribution is 2.28. The molecule has 1 N–H and O–H groups in total. The molecule has 1 aromatic rings. The summed E-state index contributed by atoms with van der Waals surface area (Å²) < 4.78 is 11.4. The van der Waals surface area contributed by atoms with Crippen LogP contribution in [-0.4, -0.2) is 51.4 Å².